The topological polar surface area (TPSA) is 97.5 Å². The predicted octanol–water partition coefficient (Wildman–Crippen LogP) is 3.24. The van der Waals surface area contributed by atoms with Crippen molar-refractivity contribution >= 4 is 17.4 Å². The Bertz CT molecular complexity index is 959. The Balaban J connectivity index is 1.33. The van der Waals surface area contributed by atoms with Gasteiger partial charge in [-0.05, 0) is 48.9 Å². The summed E-state index contributed by atoms with van der Waals surface area (Å²) in [5, 5.41) is 11.0. The number of aromatic nitrogens is 1. The van der Waals surface area contributed by atoms with Crippen molar-refractivity contribution in [3.05, 3.63) is 63.5 Å². The Morgan fingerprint density at radius 1 is 1.10 bits per heavy atom. The SMILES string of the molecule is CC(=O)c1cccn1NC1CCC(C(=O)N2Cc3ccc([N+](=O)[O-])cc3C2)CC1. The van der Waals surface area contributed by atoms with Crippen molar-refractivity contribution in [1.29, 1.82) is 0 Å². The minimum absolute atomic E-state index is 0.0141. The van der Waals surface area contributed by atoms with Gasteiger partial charge in [-0.3, -0.25) is 24.4 Å². The highest BCUT2D eigenvalue weighted by molar-refractivity contribution is 5.92. The number of nitro groups is 1. The minimum atomic E-state index is -0.401. The number of nitrogens with zero attached hydrogens (tertiary/aromatic N) is 3. The first kappa shape index (κ1) is 19.2. The van der Waals surface area contributed by atoms with Gasteiger partial charge in [-0.2, -0.15) is 0 Å². The molecule has 1 fully saturated rings. The monoisotopic (exact) mass is 396 g/mol. The maximum Gasteiger partial charge on any atom is 0.269 e. The molecule has 1 aliphatic heterocycles. The molecule has 29 heavy (non-hydrogen) atoms. The lowest BCUT2D eigenvalue weighted by atomic mass is 9.85. The summed E-state index contributed by atoms with van der Waals surface area (Å²) in [6.07, 6.45) is 5.14. The van der Waals surface area contributed by atoms with Crippen molar-refractivity contribution < 1.29 is 14.5 Å². The summed E-state index contributed by atoms with van der Waals surface area (Å²) in [6, 6.07) is 8.69. The zero-order valence-corrected chi connectivity index (χ0v) is 16.3. The largest absolute Gasteiger partial charge is 0.334 e. The first-order chi connectivity index (χ1) is 13.9. The van der Waals surface area contributed by atoms with Crippen molar-refractivity contribution in [3.8, 4) is 0 Å². The van der Waals surface area contributed by atoms with E-state index in [2.05, 4.69) is 5.43 Å². The molecule has 1 saturated carbocycles. The van der Waals surface area contributed by atoms with Crippen molar-refractivity contribution in [2.75, 3.05) is 5.43 Å². The quantitative estimate of drug-likeness (QED) is 0.475. The number of rotatable bonds is 5. The van der Waals surface area contributed by atoms with E-state index >= 15 is 0 Å². The van der Waals surface area contributed by atoms with Crippen LogP contribution in [0.1, 0.15) is 54.2 Å². The van der Waals surface area contributed by atoms with E-state index in [0.717, 1.165) is 36.8 Å². The maximum absolute atomic E-state index is 13.0. The predicted molar refractivity (Wildman–Crippen MR) is 107 cm³/mol. The Morgan fingerprint density at radius 2 is 1.83 bits per heavy atom. The number of carbonyl (C=O) groups excluding carboxylic acids is 2. The smallest absolute Gasteiger partial charge is 0.269 e. The van der Waals surface area contributed by atoms with Gasteiger partial charge in [0.05, 0.1) is 4.92 Å². The lowest BCUT2D eigenvalue weighted by Gasteiger charge is -2.31. The third-order valence-electron chi connectivity index (χ3n) is 5.94. The van der Waals surface area contributed by atoms with Crippen LogP contribution in [0.25, 0.3) is 0 Å². The average molecular weight is 396 g/mol. The van der Waals surface area contributed by atoms with Crippen LogP contribution in [0, 0.1) is 16.0 Å². The van der Waals surface area contributed by atoms with Crippen molar-refractivity contribution in [2.24, 2.45) is 5.92 Å². The Morgan fingerprint density at radius 3 is 2.52 bits per heavy atom. The van der Waals surface area contributed by atoms with Gasteiger partial charge in [0.1, 0.15) is 5.69 Å². The fourth-order valence-corrected chi connectivity index (χ4v) is 4.36. The molecule has 8 nitrogen and oxygen atoms in total. The summed E-state index contributed by atoms with van der Waals surface area (Å²) in [4.78, 5) is 37.0. The molecule has 0 atom stereocenters. The molecular formula is C21H24N4O4. The highest BCUT2D eigenvalue weighted by atomic mass is 16.6. The number of carbonyl (C=O) groups is 2. The number of non-ortho nitro benzene ring substituents is 1. The van der Waals surface area contributed by atoms with Crippen LogP contribution in [0.3, 0.4) is 0 Å². The molecule has 4 rings (SSSR count). The maximum atomic E-state index is 13.0. The van der Waals surface area contributed by atoms with Crippen LogP contribution < -0.4 is 5.43 Å². The van der Waals surface area contributed by atoms with Gasteiger partial charge in [-0.1, -0.05) is 6.07 Å². The number of benzene rings is 1. The third-order valence-corrected chi connectivity index (χ3v) is 5.94. The first-order valence-corrected chi connectivity index (χ1v) is 9.92. The number of fused-ring (bicyclic) bond motifs is 1. The molecule has 152 valence electrons. The standard InChI is InChI=1S/C21H24N4O4/c1-14(26)20-3-2-10-24(20)22-18-7-4-15(5-8-18)21(27)23-12-16-6-9-19(25(28)29)11-17(16)13-23/h2-3,6,9-11,15,18,22H,4-5,7-8,12-13H2,1H3. The van der Waals surface area contributed by atoms with Crippen molar-refractivity contribution in [3.63, 3.8) is 0 Å². The molecule has 1 aromatic heterocycles. The number of Topliss-reactive ketones (excluding diaryl/α,β-unsaturated/α-hetero) is 1. The first-order valence-electron chi connectivity index (χ1n) is 9.92. The Hall–Kier alpha value is -3.16. The van der Waals surface area contributed by atoms with Crippen molar-refractivity contribution in [2.45, 2.75) is 51.7 Å². The molecule has 2 aromatic rings. The summed E-state index contributed by atoms with van der Waals surface area (Å²) >= 11 is 0. The number of nitro benzene ring substituents is 1. The van der Waals surface area contributed by atoms with Crippen LogP contribution >= 0.6 is 0 Å². The van der Waals surface area contributed by atoms with Crippen LogP contribution in [-0.2, 0) is 17.9 Å². The molecule has 0 spiro atoms. The second-order valence-electron chi connectivity index (χ2n) is 7.90. The molecule has 8 heteroatoms. The van der Waals surface area contributed by atoms with Crippen LogP contribution in [0.5, 0.6) is 0 Å². The summed E-state index contributed by atoms with van der Waals surface area (Å²) < 4.78 is 1.78. The van der Waals surface area contributed by atoms with Gasteiger partial charge in [0.25, 0.3) is 5.69 Å². The highest BCUT2D eigenvalue weighted by Crippen LogP contribution is 2.32. The minimum Gasteiger partial charge on any atom is -0.334 e. The van der Waals surface area contributed by atoms with Crippen LogP contribution in [0.15, 0.2) is 36.5 Å². The molecule has 1 aliphatic carbocycles. The second kappa shape index (κ2) is 7.69. The van der Waals surface area contributed by atoms with E-state index < -0.39 is 4.92 Å². The molecule has 0 unspecified atom stereocenters. The van der Waals surface area contributed by atoms with E-state index in [9.17, 15) is 19.7 Å². The van der Waals surface area contributed by atoms with E-state index in [4.69, 9.17) is 0 Å². The molecular weight excluding hydrogens is 372 g/mol. The third kappa shape index (κ3) is 3.87. The lowest BCUT2D eigenvalue weighted by Crippen LogP contribution is -2.38. The van der Waals surface area contributed by atoms with Crippen molar-refractivity contribution in [1.82, 2.24) is 9.58 Å². The van der Waals surface area contributed by atoms with Gasteiger partial charge in [0, 0.05) is 50.3 Å². The molecule has 1 N–H and O–H groups in total. The normalized spacial score (nSPS) is 20.9. The van der Waals surface area contributed by atoms with Gasteiger partial charge in [0.15, 0.2) is 5.78 Å². The molecule has 0 radical (unpaired) electrons. The number of hydrogen-bond donors (Lipinski definition) is 1. The second-order valence-corrected chi connectivity index (χ2v) is 7.90. The number of ketones is 1. The Kier molecular flexibility index (Phi) is 5.08. The van der Waals surface area contributed by atoms with E-state index in [1.807, 2.05) is 17.2 Å². The van der Waals surface area contributed by atoms with E-state index in [1.54, 1.807) is 29.8 Å². The summed E-state index contributed by atoms with van der Waals surface area (Å²) in [5.41, 5.74) is 5.94. The van der Waals surface area contributed by atoms with E-state index in [0.29, 0.717) is 18.8 Å². The summed E-state index contributed by atoms with van der Waals surface area (Å²) in [6.45, 7) is 2.51. The molecule has 0 bridgehead atoms. The number of nitrogens with one attached hydrogen (secondary N) is 1. The van der Waals surface area contributed by atoms with Gasteiger partial charge in [-0.15, -0.1) is 0 Å². The fourth-order valence-electron chi connectivity index (χ4n) is 4.36. The van der Waals surface area contributed by atoms with Crippen LogP contribution in [0.4, 0.5) is 5.69 Å². The molecule has 2 aliphatic rings. The van der Waals surface area contributed by atoms with Crippen LogP contribution in [-0.4, -0.2) is 32.2 Å². The lowest BCUT2D eigenvalue weighted by molar-refractivity contribution is -0.384. The average Bonchev–Trinajstić information content (AvgIpc) is 3.34. The number of hydrogen-bond acceptors (Lipinski definition) is 5. The summed E-state index contributed by atoms with van der Waals surface area (Å²) in [7, 11) is 0. The zero-order chi connectivity index (χ0) is 20.5. The Labute approximate surface area is 168 Å². The van der Waals surface area contributed by atoms with Gasteiger partial charge in [-0.25, -0.2) is 0 Å². The van der Waals surface area contributed by atoms with Gasteiger partial charge >= 0.3 is 0 Å². The molecule has 2 heterocycles. The molecule has 0 saturated heterocycles. The zero-order valence-electron chi connectivity index (χ0n) is 16.3. The molecule has 1 amide bonds. The van der Waals surface area contributed by atoms with E-state index in [-0.39, 0.29) is 29.3 Å². The highest BCUT2D eigenvalue weighted by Gasteiger charge is 2.33. The number of amides is 1. The van der Waals surface area contributed by atoms with Crippen LogP contribution in [0.2, 0.25) is 0 Å². The van der Waals surface area contributed by atoms with Gasteiger partial charge < -0.3 is 10.3 Å². The summed E-state index contributed by atoms with van der Waals surface area (Å²) in [5.74, 6) is 0.127. The molecule has 1 aromatic carbocycles. The van der Waals surface area contributed by atoms with Gasteiger partial charge in [0.2, 0.25) is 5.91 Å². The fraction of sp³-hybridized carbons (Fsp3) is 0.429. The van der Waals surface area contributed by atoms with E-state index in [1.165, 1.54) is 6.07 Å².